The number of carbonyl (C=O) groups is 2. The van der Waals surface area contributed by atoms with Gasteiger partial charge in [0.25, 0.3) is 5.56 Å². The molecule has 2 aromatic heterocycles. The number of benzene rings is 5. The van der Waals surface area contributed by atoms with E-state index in [9.17, 15) is 19.6 Å². The number of alkyl carbamates (subject to hydrolysis) is 1. The fourth-order valence-electron chi connectivity index (χ4n) is 10.8. The molecule has 1 aliphatic carbocycles. The lowest BCUT2D eigenvalue weighted by Crippen LogP contribution is -2.43. The molecule has 0 bridgehead atoms. The summed E-state index contributed by atoms with van der Waals surface area (Å²) in [4.78, 5) is 52.0. The van der Waals surface area contributed by atoms with Crippen LogP contribution in [0.5, 0.6) is 11.5 Å². The number of hydrogen-bond acceptors (Lipinski definition) is 14. The van der Waals surface area contributed by atoms with Crippen molar-refractivity contribution >= 4 is 37.4 Å². The van der Waals surface area contributed by atoms with E-state index in [1.54, 1.807) is 32.6 Å². The zero-order valence-corrected chi connectivity index (χ0v) is 47.9. The van der Waals surface area contributed by atoms with Crippen molar-refractivity contribution in [3.63, 3.8) is 0 Å². The Labute approximate surface area is 473 Å². The average Bonchev–Trinajstić information content (AvgIpc) is 4.20. The summed E-state index contributed by atoms with van der Waals surface area (Å²) in [6.45, 7) is 12.3. The van der Waals surface area contributed by atoms with Crippen LogP contribution in [0.2, 0.25) is 0 Å². The molecule has 7 aromatic rings. The quantitative estimate of drug-likeness (QED) is 0.0276. The van der Waals surface area contributed by atoms with Crippen LogP contribution >= 0.6 is 8.30 Å². The number of hydrogen-bond donors (Lipinski definition) is 3. The van der Waals surface area contributed by atoms with Gasteiger partial charge in [-0.1, -0.05) is 117 Å². The molecular formula is C62H71N8O10P. The molecule has 2 aliphatic rings. The van der Waals surface area contributed by atoms with E-state index >= 15 is 0 Å². The second-order valence-electron chi connectivity index (χ2n) is 20.8. The molecule has 1 aliphatic heterocycles. The second kappa shape index (κ2) is 26.4. The highest BCUT2D eigenvalue weighted by atomic mass is 31.2. The number of aromatic amines is 1. The third kappa shape index (κ3) is 12.7. The van der Waals surface area contributed by atoms with Gasteiger partial charge in [-0.25, -0.2) is 9.78 Å². The average molecular weight is 1120 g/mol. The number of anilines is 1. The minimum absolute atomic E-state index is 0.00789. The second-order valence-corrected chi connectivity index (χ2v) is 22.6. The highest BCUT2D eigenvalue weighted by Crippen LogP contribution is 2.51. The summed E-state index contributed by atoms with van der Waals surface area (Å²) in [5, 5.41) is 15.7. The van der Waals surface area contributed by atoms with Crippen LogP contribution in [0.3, 0.4) is 0 Å². The van der Waals surface area contributed by atoms with Crippen molar-refractivity contribution in [2.24, 2.45) is 5.92 Å². The minimum atomic E-state index is -1.51. The minimum Gasteiger partial charge on any atom is -0.497 e. The Hall–Kier alpha value is -7.49. The number of methoxy groups -OCH3 is 2. The number of rotatable bonds is 25. The summed E-state index contributed by atoms with van der Waals surface area (Å²) in [6.07, 6.45) is -1.88. The van der Waals surface area contributed by atoms with Gasteiger partial charge in [-0.2, -0.15) is 10.2 Å². The van der Waals surface area contributed by atoms with Crippen LogP contribution in [0.1, 0.15) is 94.3 Å². The van der Waals surface area contributed by atoms with E-state index < -0.39 is 56.0 Å². The van der Waals surface area contributed by atoms with Gasteiger partial charge in [0, 0.05) is 49.7 Å². The molecule has 1 unspecified atom stereocenters. The Balaban J connectivity index is 1.08. The van der Waals surface area contributed by atoms with Gasteiger partial charge in [-0.15, -0.1) is 0 Å². The first-order valence-corrected chi connectivity index (χ1v) is 28.9. The van der Waals surface area contributed by atoms with Crippen molar-refractivity contribution in [3.05, 3.63) is 172 Å². The van der Waals surface area contributed by atoms with Crippen molar-refractivity contribution in [3.8, 4) is 28.7 Å². The predicted molar refractivity (Wildman–Crippen MR) is 310 cm³/mol. The molecule has 3 heterocycles. The van der Waals surface area contributed by atoms with Crippen LogP contribution in [-0.2, 0) is 33.9 Å². The van der Waals surface area contributed by atoms with Gasteiger partial charge in [-0.05, 0) is 97.3 Å². The molecule has 1 saturated heterocycles. The van der Waals surface area contributed by atoms with E-state index in [2.05, 4.69) is 83.3 Å². The summed E-state index contributed by atoms with van der Waals surface area (Å²) >= 11 is 0. The molecule has 0 saturated carbocycles. The summed E-state index contributed by atoms with van der Waals surface area (Å²) < 4.78 is 50.3. The van der Waals surface area contributed by atoms with Crippen molar-refractivity contribution < 1.29 is 42.5 Å². The molecule has 18 nitrogen and oxygen atoms in total. The highest BCUT2D eigenvalue weighted by Gasteiger charge is 2.51. The van der Waals surface area contributed by atoms with Crippen LogP contribution in [0.25, 0.3) is 22.3 Å². The molecular weight excluding hydrogens is 1050 g/mol. The van der Waals surface area contributed by atoms with E-state index in [4.69, 9.17) is 37.9 Å². The number of amides is 2. The first kappa shape index (κ1) is 58.2. The third-order valence-corrected chi connectivity index (χ3v) is 17.1. The van der Waals surface area contributed by atoms with Gasteiger partial charge in [0.1, 0.15) is 50.3 Å². The lowest BCUT2D eigenvalue weighted by Gasteiger charge is -2.40. The van der Waals surface area contributed by atoms with E-state index in [0.717, 1.165) is 38.9 Å². The monoisotopic (exact) mass is 1120 g/mol. The molecule has 0 spiro atoms. The summed E-state index contributed by atoms with van der Waals surface area (Å²) in [5.74, 6) is 0.411. The largest absolute Gasteiger partial charge is 0.497 e. The van der Waals surface area contributed by atoms with Crippen LogP contribution < -0.4 is 25.7 Å². The number of H-pyrrole nitrogens is 1. The van der Waals surface area contributed by atoms with Crippen LogP contribution in [0, 0.1) is 17.2 Å². The molecule has 9 rings (SSSR count). The van der Waals surface area contributed by atoms with Crippen molar-refractivity contribution in [1.29, 1.82) is 5.26 Å². The van der Waals surface area contributed by atoms with Gasteiger partial charge in [-0.3, -0.25) is 29.1 Å². The van der Waals surface area contributed by atoms with Gasteiger partial charge in [0.2, 0.25) is 11.9 Å². The Kier molecular flexibility index (Phi) is 19.0. The van der Waals surface area contributed by atoms with E-state index in [1.165, 1.54) is 6.33 Å². The number of nitrogens with zero attached hydrogens (tertiary/aromatic N) is 5. The first-order chi connectivity index (χ1) is 39.3. The van der Waals surface area contributed by atoms with Crippen LogP contribution in [0.15, 0.2) is 139 Å². The molecule has 81 heavy (non-hydrogen) atoms. The van der Waals surface area contributed by atoms with Crippen LogP contribution in [0.4, 0.5) is 10.7 Å². The summed E-state index contributed by atoms with van der Waals surface area (Å²) in [7, 11) is 1.73. The van der Waals surface area contributed by atoms with Gasteiger partial charge in [0.05, 0.1) is 33.2 Å². The molecule has 5 aromatic carbocycles. The number of imidazole rings is 1. The Morgan fingerprint density at radius 2 is 1.40 bits per heavy atom. The topological polar surface area (TPSA) is 213 Å². The zero-order chi connectivity index (χ0) is 57.2. The number of fused-ring (bicyclic) bond motifs is 4. The number of nitrogens with one attached hydrogen (secondary N) is 3. The predicted octanol–water partition coefficient (Wildman–Crippen LogP) is 10.7. The first-order valence-electron chi connectivity index (χ1n) is 27.5. The summed E-state index contributed by atoms with van der Waals surface area (Å²) in [5.41, 5.74) is 5.22. The molecule has 5 atom stereocenters. The molecule has 1 fully saturated rings. The smallest absolute Gasteiger partial charge is 0.407 e. The maximum absolute atomic E-state index is 13.7. The normalized spacial score (nSPS) is 17.3. The molecule has 3 N–H and O–H groups in total. The third-order valence-electron chi connectivity index (χ3n) is 14.6. The van der Waals surface area contributed by atoms with E-state index in [-0.39, 0.29) is 73.8 Å². The SMILES string of the molecule is COc1ccc(C(OC[C@H]2O[C@@H](n3cnc4c(=O)[nH]c(NC(=O)C(C)C)nc43)[C@H](OCCCNC(=O)OCC3c4ccccc4-c4ccccc43)[C@@H]2OP(CCC#N)N(C(C)C)C(C)C)(c2ccccc2)c2ccc(OC)cc2)cc1. The zero-order valence-electron chi connectivity index (χ0n) is 47.0. The van der Waals surface area contributed by atoms with Gasteiger partial charge < -0.3 is 38.3 Å². The number of carbonyl (C=O) groups excluding carboxylic acids is 2. The number of nitriles is 1. The van der Waals surface area contributed by atoms with Crippen molar-refractivity contribution in [1.82, 2.24) is 29.5 Å². The standard InChI is InChI=1S/C62H71N8O10P/c1-39(2)57(71)67-60-66-56-53(58(72)68-60)65-38-69(56)59-55(76-34-17-33-64-61(73)77-36-51-49-22-14-12-20-47(49)48-21-13-15-23-50(48)51)54(80-81(35-16-32-63)70(40(3)4)41(5)6)52(79-59)37-78-62(42-18-10-9-11-19-42,43-24-28-45(74-7)29-25-43)44-26-30-46(75-8)31-27-44/h9-15,18-31,38-41,51-52,54-55,59H,16-17,33-37H2,1-8H3,(H,64,73)(H2,66,67,68,71,72)/t52-,54-,55-,59-,81?/m1/s1. The van der Waals surface area contributed by atoms with Crippen molar-refractivity contribution in [2.45, 2.75) is 103 Å². The lowest BCUT2D eigenvalue weighted by molar-refractivity contribution is -0.118. The van der Waals surface area contributed by atoms with Gasteiger partial charge in [0.15, 0.2) is 17.4 Å². The highest BCUT2D eigenvalue weighted by molar-refractivity contribution is 7.50. The Bertz CT molecular complexity index is 3250. The molecule has 2 amide bonds. The maximum Gasteiger partial charge on any atom is 0.407 e. The lowest BCUT2D eigenvalue weighted by atomic mass is 9.80. The Morgan fingerprint density at radius 1 is 0.802 bits per heavy atom. The molecule has 0 radical (unpaired) electrons. The summed E-state index contributed by atoms with van der Waals surface area (Å²) in [6, 6.07) is 44.2. The number of aromatic nitrogens is 4. The van der Waals surface area contributed by atoms with Gasteiger partial charge >= 0.3 is 6.09 Å². The fraction of sp³-hybridized carbons (Fsp3) is 0.387. The van der Waals surface area contributed by atoms with E-state index in [1.807, 2.05) is 103 Å². The molecule has 19 heteroatoms. The fourth-order valence-corrected chi connectivity index (χ4v) is 13.1. The van der Waals surface area contributed by atoms with Crippen molar-refractivity contribution in [2.75, 3.05) is 52.1 Å². The Morgan fingerprint density at radius 3 is 1.98 bits per heavy atom. The van der Waals surface area contributed by atoms with E-state index in [0.29, 0.717) is 24.1 Å². The van der Waals surface area contributed by atoms with Crippen LogP contribution in [-0.4, -0.2) is 113 Å². The number of ether oxygens (including phenoxy) is 6. The maximum atomic E-state index is 13.7. The molecule has 424 valence electrons.